The SMILES string of the molecule is CCC[C@H](NC(=O)[C@@H](C)Sc1nncn1-c1cccc(Cl)c1)c1ccccc1. The summed E-state index contributed by atoms with van der Waals surface area (Å²) < 4.78 is 1.83. The first-order valence-electron chi connectivity index (χ1n) is 9.26. The van der Waals surface area contributed by atoms with Crippen molar-refractivity contribution in [3.8, 4) is 5.69 Å². The summed E-state index contributed by atoms with van der Waals surface area (Å²) in [5.74, 6) is -0.0204. The van der Waals surface area contributed by atoms with Crippen molar-refractivity contribution in [2.45, 2.75) is 43.1 Å². The summed E-state index contributed by atoms with van der Waals surface area (Å²) in [6, 6.07) is 17.5. The number of nitrogens with zero attached hydrogens (tertiary/aromatic N) is 3. The molecule has 3 rings (SSSR count). The number of benzene rings is 2. The second-order valence-corrected chi connectivity index (χ2v) is 8.23. The second kappa shape index (κ2) is 9.75. The number of carbonyl (C=O) groups is 1. The number of aromatic nitrogens is 3. The van der Waals surface area contributed by atoms with Gasteiger partial charge in [-0.2, -0.15) is 0 Å². The summed E-state index contributed by atoms with van der Waals surface area (Å²) in [7, 11) is 0. The van der Waals surface area contributed by atoms with Crippen molar-refractivity contribution in [3.05, 3.63) is 71.5 Å². The average Bonchev–Trinajstić information content (AvgIpc) is 3.16. The van der Waals surface area contributed by atoms with Crippen molar-refractivity contribution in [3.63, 3.8) is 0 Å². The van der Waals surface area contributed by atoms with Gasteiger partial charge in [-0.05, 0) is 37.1 Å². The van der Waals surface area contributed by atoms with E-state index >= 15 is 0 Å². The molecule has 0 aliphatic carbocycles. The first-order valence-corrected chi connectivity index (χ1v) is 10.5. The lowest BCUT2D eigenvalue weighted by molar-refractivity contribution is -0.121. The van der Waals surface area contributed by atoms with Gasteiger partial charge >= 0.3 is 0 Å². The molecule has 0 fully saturated rings. The van der Waals surface area contributed by atoms with E-state index in [9.17, 15) is 4.79 Å². The van der Waals surface area contributed by atoms with Gasteiger partial charge in [-0.25, -0.2) is 0 Å². The molecule has 1 heterocycles. The minimum absolute atomic E-state index is 0.00699. The standard InChI is InChI=1S/C21H23ClN4OS/c1-3-8-19(16-9-5-4-6-10-16)24-20(27)15(2)28-21-25-23-14-26(21)18-12-7-11-17(22)13-18/h4-7,9-15,19H,3,8H2,1-2H3,(H,24,27)/t15-,19+/m1/s1. The molecule has 2 aromatic carbocycles. The van der Waals surface area contributed by atoms with E-state index in [0.717, 1.165) is 24.1 Å². The highest BCUT2D eigenvalue weighted by Crippen LogP contribution is 2.26. The molecule has 3 aromatic rings. The maximum Gasteiger partial charge on any atom is 0.233 e. The van der Waals surface area contributed by atoms with Crippen LogP contribution in [0.1, 0.15) is 38.3 Å². The van der Waals surface area contributed by atoms with Crippen LogP contribution in [0.2, 0.25) is 5.02 Å². The van der Waals surface area contributed by atoms with E-state index in [4.69, 9.17) is 11.6 Å². The van der Waals surface area contributed by atoms with Crippen molar-refractivity contribution in [1.29, 1.82) is 0 Å². The summed E-state index contributed by atoms with van der Waals surface area (Å²) in [5.41, 5.74) is 1.98. The Balaban J connectivity index is 1.70. The molecule has 0 saturated carbocycles. The van der Waals surface area contributed by atoms with E-state index in [1.54, 1.807) is 6.33 Å². The Labute approximate surface area is 174 Å². The fourth-order valence-corrected chi connectivity index (χ4v) is 3.94. The molecule has 0 unspecified atom stereocenters. The third-order valence-corrected chi connectivity index (χ3v) is 5.64. The summed E-state index contributed by atoms with van der Waals surface area (Å²) in [4.78, 5) is 12.8. The van der Waals surface area contributed by atoms with Crippen molar-refractivity contribution < 1.29 is 4.79 Å². The quantitative estimate of drug-likeness (QED) is 0.523. The minimum Gasteiger partial charge on any atom is -0.348 e. The normalized spacial score (nSPS) is 13.1. The third kappa shape index (κ3) is 5.14. The van der Waals surface area contributed by atoms with Crippen LogP contribution in [0.4, 0.5) is 0 Å². The predicted octanol–water partition coefficient (Wildman–Crippen LogP) is 5.06. The molecule has 0 saturated heterocycles. The number of halogens is 1. The second-order valence-electron chi connectivity index (χ2n) is 6.48. The van der Waals surface area contributed by atoms with Crippen molar-refractivity contribution in [1.82, 2.24) is 20.1 Å². The monoisotopic (exact) mass is 414 g/mol. The highest BCUT2D eigenvalue weighted by Gasteiger charge is 2.21. The number of hydrogen-bond donors (Lipinski definition) is 1. The lowest BCUT2D eigenvalue weighted by Crippen LogP contribution is -2.34. The Hall–Kier alpha value is -2.31. The van der Waals surface area contributed by atoms with Gasteiger partial charge in [-0.15, -0.1) is 10.2 Å². The van der Waals surface area contributed by atoms with E-state index in [-0.39, 0.29) is 17.2 Å². The van der Waals surface area contributed by atoms with Gasteiger partial charge in [-0.3, -0.25) is 9.36 Å². The van der Waals surface area contributed by atoms with Crippen molar-refractivity contribution in [2.75, 3.05) is 0 Å². The molecular formula is C21H23ClN4OS. The molecule has 0 radical (unpaired) electrons. The molecule has 2 atom stereocenters. The van der Waals surface area contributed by atoms with Gasteiger partial charge in [0.1, 0.15) is 6.33 Å². The fourth-order valence-electron chi connectivity index (χ4n) is 2.90. The highest BCUT2D eigenvalue weighted by molar-refractivity contribution is 8.00. The van der Waals surface area contributed by atoms with Gasteiger partial charge < -0.3 is 5.32 Å². The molecule has 0 spiro atoms. The number of hydrogen-bond acceptors (Lipinski definition) is 4. The number of nitrogens with one attached hydrogen (secondary N) is 1. The van der Waals surface area contributed by atoms with Gasteiger partial charge in [0.05, 0.1) is 17.0 Å². The summed E-state index contributed by atoms with van der Waals surface area (Å²) >= 11 is 7.47. The van der Waals surface area contributed by atoms with Crippen LogP contribution in [0, 0.1) is 0 Å². The van der Waals surface area contributed by atoms with Crippen LogP contribution in [0.3, 0.4) is 0 Å². The first-order chi connectivity index (χ1) is 13.6. The molecule has 0 aliphatic rings. The Bertz CT molecular complexity index is 916. The van der Waals surface area contributed by atoms with Crippen LogP contribution in [-0.2, 0) is 4.79 Å². The van der Waals surface area contributed by atoms with Gasteiger partial charge in [0.15, 0.2) is 5.16 Å². The predicted molar refractivity (Wildman–Crippen MR) is 114 cm³/mol. The van der Waals surface area contributed by atoms with Gasteiger partial charge in [0, 0.05) is 5.02 Å². The van der Waals surface area contributed by atoms with E-state index in [0.29, 0.717) is 10.2 Å². The molecule has 1 N–H and O–H groups in total. The van der Waals surface area contributed by atoms with Crippen LogP contribution in [0.15, 0.2) is 66.1 Å². The van der Waals surface area contributed by atoms with Gasteiger partial charge in [-0.1, -0.05) is 73.1 Å². The fraction of sp³-hybridized carbons (Fsp3) is 0.286. The molecule has 7 heteroatoms. The van der Waals surface area contributed by atoms with Crippen molar-refractivity contribution >= 4 is 29.3 Å². The zero-order chi connectivity index (χ0) is 19.9. The van der Waals surface area contributed by atoms with Crippen LogP contribution in [0.5, 0.6) is 0 Å². The number of thioether (sulfide) groups is 1. The Kier molecular flexibility index (Phi) is 7.12. The molecule has 1 amide bonds. The zero-order valence-electron chi connectivity index (χ0n) is 15.9. The molecule has 5 nitrogen and oxygen atoms in total. The largest absolute Gasteiger partial charge is 0.348 e. The Morgan fingerprint density at radius 3 is 2.71 bits per heavy atom. The van der Waals surface area contributed by atoms with E-state index in [2.05, 4.69) is 22.4 Å². The molecular weight excluding hydrogens is 392 g/mol. The topological polar surface area (TPSA) is 59.8 Å². The number of amides is 1. The Morgan fingerprint density at radius 1 is 1.21 bits per heavy atom. The molecule has 146 valence electrons. The van der Waals surface area contributed by atoms with E-state index < -0.39 is 0 Å². The first kappa shape index (κ1) is 20.4. The third-order valence-electron chi connectivity index (χ3n) is 4.35. The Morgan fingerprint density at radius 2 is 2.00 bits per heavy atom. The minimum atomic E-state index is -0.315. The van der Waals surface area contributed by atoms with Gasteiger partial charge in [0.2, 0.25) is 5.91 Å². The molecule has 0 aliphatic heterocycles. The average molecular weight is 415 g/mol. The number of rotatable bonds is 8. The van der Waals surface area contributed by atoms with Gasteiger partial charge in [0.25, 0.3) is 0 Å². The molecule has 28 heavy (non-hydrogen) atoms. The lowest BCUT2D eigenvalue weighted by atomic mass is 10.0. The summed E-state index contributed by atoms with van der Waals surface area (Å²) in [5, 5.41) is 12.3. The zero-order valence-corrected chi connectivity index (χ0v) is 17.5. The van der Waals surface area contributed by atoms with E-state index in [1.165, 1.54) is 11.8 Å². The highest BCUT2D eigenvalue weighted by atomic mass is 35.5. The summed E-state index contributed by atoms with van der Waals surface area (Å²) in [6.07, 6.45) is 3.51. The maximum atomic E-state index is 12.8. The van der Waals surface area contributed by atoms with E-state index in [1.807, 2.05) is 66.1 Å². The lowest BCUT2D eigenvalue weighted by Gasteiger charge is -2.21. The molecule has 0 bridgehead atoms. The maximum absolute atomic E-state index is 12.8. The van der Waals surface area contributed by atoms with Crippen LogP contribution in [0.25, 0.3) is 5.69 Å². The van der Waals surface area contributed by atoms with Crippen LogP contribution >= 0.6 is 23.4 Å². The van der Waals surface area contributed by atoms with Crippen molar-refractivity contribution in [2.24, 2.45) is 0 Å². The number of carbonyl (C=O) groups excluding carboxylic acids is 1. The molecule has 1 aromatic heterocycles. The van der Waals surface area contributed by atoms with Crippen LogP contribution in [-0.4, -0.2) is 25.9 Å². The summed E-state index contributed by atoms with van der Waals surface area (Å²) in [6.45, 7) is 4.00. The van der Waals surface area contributed by atoms with Crippen LogP contribution < -0.4 is 5.32 Å². The smallest absolute Gasteiger partial charge is 0.233 e.